The highest BCUT2D eigenvalue weighted by molar-refractivity contribution is 7.80. The summed E-state index contributed by atoms with van der Waals surface area (Å²) in [5.41, 5.74) is 4.09. The van der Waals surface area contributed by atoms with Crippen molar-refractivity contribution in [2.24, 2.45) is 0 Å². The lowest BCUT2D eigenvalue weighted by atomic mass is 10.2. The predicted molar refractivity (Wildman–Crippen MR) is 58.8 cm³/mol. The standard InChI is InChI=1S/C9H14N4S/c14-9(8-4-5-10-11-8)12-13-6-2-1-3-7-13/h4-5H,1-3,6-7H2,(H,10,11)(H,12,14). The SMILES string of the molecule is S=C(NN1CCCCC1)c1ccn[nH]1. The molecule has 0 aliphatic carbocycles. The molecule has 1 aliphatic heterocycles. The lowest BCUT2D eigenvalue weighted by molar-refractivity contribution is 0.196. The van der Waals surface area contributed by atoms with Gasteiger partial charge in [-0.3, -0.25) is 5.10 Å². The molecule has 1 saturated heterocycles. The Morgan fingerprint density at radius 2 is 2.21 bits per heavy atom. The summed E-state index contributed by atoms with van der Waals surface area (Å²) in [6.07, 6.45) is 5.53. The van der Waals surface area contributed by atoms with E-state index in [0.29, 0.717) is 0 Å². The number of hydrogen-bond donors (Lipinski definition) is 2. The molecule has 1 aromatic heterocycles. The molecule has 0 spiro atoms. The van der Waals surface area contributed by atoms with Crippen LogP contribution in [0.5, 0.6) is 0 Å². The lowest BCUT2D eigenvalue weighted by Crippen LogP contribution is -2.44. The van der Waals surface area contributed by atoms with Crippen LogP contribution in [0.4, 0.5) is 0 Å². The zero-order valence-electron chi connectivity index (χ0n) is 7.99. The van der Waals surface area contributed by atoms with Gasteiger partial charge in [-0.2, -0.15) is 5.10 Å². The van der Waals surface area contributed by atoms with Gasteiger partial charge in [0.2, 0.25) is 0 Å². The molecule has 2 heterocycles. The van der Waals surface area contributed by atoms with E-state index in [9.17, 15) is 0 Å². The molecule has 5 heteroatoms. The van der Waals surface area contributed by atoms with Crippen molar-refractivity contribution in [3.63, 3.8) is 0 Å². The second-order valence-corrected chi connectivity index (χ2v) is 3.87. The zero-order valence-corrected chi connectivity index (χ0v) is 8.81. The first kappa shape index (κ1) is 9.61. The van der Waals surface area contributed by atoms with Crippen LogP contribution in [-0.4, -0.2) is 33.3 Å². The van der Waals surface area contributed by atoms with E-state index in [2.05, 4.69) is 20.6 Å². The predicted octanol–water partition coefficient (Wildman–Crippen LogP) is 1.08. The Balaban J connectivity index is 1.87. The van der Waals surface area contributed by atoms with Gasteiger partial charge >= 0.3 is 0 Å². The van der Waals surface area contributed by atoms with Crippen molar-refractivity contribution in [1.29, 1.82) is 0 Å². The molecule has 0 radical (unpaired) electrons. The van der Waals surface area contributed by atoms with Gasteiger partial charge in [0.05, 0.1) is 5.69 Å². The van der Waals surface area contributed by atoms with E-state index in [1.54, 1.807) is 6.20 Å². The van der Waals surface area contributed by atoms with E-state index in [0.717, 1.165) is 23.8 Å². The molecule has 2 N–H and O–H groups in total. The number of H-pyrrole nitrogens is 1. The molecule has 0 atom stereocenters. The molecule has 1 fully saturated rings. The Labute approximate surface area is 88.7 Å². The minimum absolute atomic E-state index is 0.726. The summed E-state index contributed by atoms with van der Waals surface area (Å²) in [6.45, 7) is 2.16. The third kappa shape index (κ3) is 2.30. The Kier molecular flexibility index (Phi) is 3.10. The van der Waals surface area contributed by atoms with Gasteiger partial charge in [0, 0.05) is 19.3 Å². The van der Waals surface area contributed by atoms with Crippen LogP contribution in [0.15, 0.2) is 12.3 Å². The highest BCUT2D eigenvalue weighted by atomic mass is 32.1. The van der Waals surface area contributed by atoms with Crippen molar-refractivity contribution in [3.8, 4) is 0 Å². The van der Waals surface area contributed by atoms with Crippen LogP contribution in [0.3, 0.4) is 0 Å². The van der Waals surface area contributed by atoms with Crippen LogP contribution in [-0.2, 0) is 0 Å². The molecule has 14 heavy (non-hydrogen) atoms. The largest absolute Gasteiger partial charge is 0.308 e. The van der Waals surface area contributed by atoms with Gasteiger partial charge in [-0.25, -0.2) is 5.01 Å². The highest BCUT2D eigenvalue weighted by Crippen LogP contribution is 2.06. The molecule has 76 valence electrons. The number of piperidine rings is 1. The normalized spacial score (nSPS) is 18.0. The van der Waals surface area contributed by atoms with Gasteiger partial charge < -0.3 is 5.43 Å². The maximum absolute atomic E-state index is 5.23. The molecule has 0 amide bonds. The Bertz CT molecular complexity index is 290. The zero-order chi connectivity index (χ0) is 9.80. The summed E-state index contributed by atoms with van der Waals surface area (Å²) in [6, 6.07) is 1.87. The van der Waals surface area contributed by atoms with Crippen LogP contribution in [0.1, 0.15) is 25.0 Å². The Morgan fingerprint density at radius 1 is 1.43 bits per heavy atom. The van der Waals surface area contributed by atoms with Crippen LogP contribution in [0, 0.1) is 0 Å². The summed E-state index contributed by atoms with van der Waals surface area (Å²) >= 11 is 5.23. The van der Waals surface area contributed by atoms with Gasteiger partial charge in [-0.05, 0) is 18.9 Å². The van der Waals surface area contributed by atoms with E-state index in [4.69, 9.17) is 12.2 Å². The van der Waals surface area contributed by atoms with Gasteiger partial charge in [0.15, 0.2) is 0 Å². The summed E-state index contributed by atoms with van der Waals surface area (Å²) in [5, 5.41) is 8.88. The lowest BCUT2D eigenvalue weighted by Gasteiger charge is -2.27. The van der Waals surface area contributed by atoms with Crippen molar-refractivity contribution in [2.75, 3.05) is 13.1 Å². The third-order valence-corrected chi connectivity index (χ3v) is 2.67. The van der Waals surface area contributed by atoms with E-state index in [1.165, 1.54) is 19.3 Å². The first-order chi connectivity index (χ1) is 6.86. The molecule has 0 aromatic carbocycles. The minimum atomic E-state index is 0.726. The smallest absolute Gasteiger partial charge is 0.139 e. The number of nitrogens with one attached hydrogen (secondary N) is 2. The molecular formula is C9H14N4S. The molecule has 1 aromatic rings. The second-order valence-electron chi connectivity index (χ2n) is 3.46. The molecule has 2 rings (SSSR count). The van der Waals surface area contributed by atoms with Crippen LogP contribution in [0.2, 0.25) is 0 Å². The Morgan fingerprint density at radius 3 is 2.86 bits per heavy atom. The summed E-state index contributed by atoms with van der Waals surface area (Å²) in [4.78, 5) is 0.726. The van der Waals surface area contributed by atoms with Crippen LogP contribution < -0.4 is 5.43 Å². The summed E-state index contributed by atoms with van der Waals surface area (Å²) < 4.78 is 0. The fourth-order valence-corrected chi connectivity index (χ4v) is 1.83. The van der Waals surface area contributed by atoms with E-state index >= 15 is 0 Å². The van der Waals surface area contributed by atoms with E-state index in [-0.39, 0.29) is 0 Å². The van der Waals surface area contributed by atoms with Crippen LogP contribution in [0.25, 0.3) is 0 Å². The first-order valence-corrected chi connectivity index (χ1v) is 5.32. The van der Waals surface area contributed by atoms with Crippen molar-refractivity contribution < 1.29 is 0 Å². The van der Waals surface area contributed by atoms with Crippen LogP contribution >= 0.6 is 12.2 Å². The average Bonchev–Trinajstić information content (AvgIpc) is 2.72. The topological polar surface area (TPSA) is 44.0 Å². The fourth-order valence-electron chi connectivity index (χ4n) is 1.59. The third-order valence-electron chi connectivity index (χ3n) is 2.36. The summed E-state index contributed by atoms with van der Waals surface area (Å²) in [5.74, 6) is 0. The second kappa shape index (κ2) is 4.52. The number of hydrogen-bond acceptors (Lipinski definition) is 3. The van der Waals surface area contributed by atoms with Crippen molar-refractivity contribution in [1.82, 2.24) is 20.6 Å². The number of rotatable bonds is 2. The van der Waals surface area contributed by atoms with Crippen molar-refractivity contribution in [3.05, 3.63) is 18.0 Å². The van der Waals surface area contributed by atoms with Gasteiger partial charge in [-0.15, -0.1) is 0 Å². The maximum Gasteiger partial charge on any atom is 0.139 e. The van der Waals surface area contributed by atoms with Crippen molar-refractivity contribution in [2.45, 2.75) is 19.3 Å². The number of aromatic amines is 1. The van der Waals surface area contributed by atoms with Gasteiger partial charge in [-0.1, -0.05) is 18.6 Å². The highest BCUT2D eigenvalue weighted by Gasteiger charge is 2.11. The number of nitrogens with zero attached hydrogens (tertiary/aromatic N) is 2. The number of hydrazine groups is 1. The minimum Gasteiger partial charge on any atom is -0.308 e. The van der Waals surface area contributed by atoms with Gasteiger partial charge in [0.25, 0.3) is 0 Å². The number of aromatic nitrogens is 2. The monoisotopic (exact) mass is 210 g/mol. The molecule has 0 saturated carbocycles. The van der Waals surface area contributed by atoms with Gasteiger partial charge in [0.1, 0.15) is 4.99 Å². The average molecular weight is 210 g/mol. The maximum atomic E-state index is 5.23. The van der Waals surface area contributed by atoms with E-state index in [1.807, 2.05) is 6.07 Å². The molecule has 1 aliphatic rings. The first-order valence-electron chi connectivity index (χ1n) is 4.91. The molecule has 0 bridgehead atoms. The summed E-state index contributed by atoms with van der Waals surface area (Å²) in [7, 11) is 0. The van der Waals surface area contributed by atoms with Crippen molar-refractivity contribution >= 4 is 17.2 Å². The fraction of sp³-hybridized carbons (Fsp3) is 0.556. The molecule has 4 nitrogen and oxygen atoms in total. The quantitative estimate of drug-likeness (QED) is 0.717. The molecule has 0 unspecified atom stereocenters. The van der Waals surface area contributed by atoms with E-state index < -0.39 is 0 Å². The Hall–Kier alpha value is -0.940. The number of thiocarbonyl (C=S) groups is 1. The molecular weight excluding hydrogens is 196 g/mol.